The molecule has 0 aromatic heterocycles. The molecule has 2 rings (SSSR count). The number of hydrogen-bond acceptors (Lipinski definition) is 4. The van der Waals surface area contributed by atoms with Crippen LogP contribution in [0.25, 0.3) is 0 Å². The molecule has 26 heavy (non-hydrogen) atoms. The molecule has 2 aromatic rings. The third kappa shape index (κ3) is 5.91. The SMILES string of the molecule is COc1ccc(S(=O)(=O)NCCSCc2ccc(Cl)cc2)cc1C(C)C. The number of benzene rings is 2. The largest absolute Gasteiger partial charge is 0.496 e. The van der Waals surface area contributed by atoms with Gasteiger partial charge in [-0.3, -0.25) is 0 Å². The van der Waals surface area contributed by atoms with Crippen LogP contribution in [-0.2, 0) is 15.8 Å². The molecule has 0 atom stereocenters. The molecule has 0 aliphatic heterocycles. The monoisotopic (exact) mass is 413 g/mol. The van der Waals surface area contributed by atoms with Gasteiger partial charge in [0.2, 0.25) is 10.0 Å². The Balaban J connectivity index is 1.90. The smallest absolute Gasteiger partial charge is 0.240 e. The molecule has 0 fully saturated rings. The van der Waals surface area contributed by atoms with Crippen LogP contribution in [0.2, 0.25) is 5.02 Å². The van der Waals surface area contributed by atoms with Gasteiger partial charge < -0.3 is 4.74 Å². The van der Waals surface area contributed by atoms with Crippen LogP contribution in [0, 0.1) is 0 Å². The molecule has 0 amide bonds. The highest BCUT2D eigenvalue weighted by atomic mass is 35.5. The Bertz CT molecular complexity index is 821. The molecule has 0 radical (unpaired) electrons. The minimum absolute atomic E-state index is 0.176. The van der Waals surface area contributed by atoms with Crippen LogP contribution in [-0.4, -0.2) is 27.8 Å². The molecule has 0 aliphatic rings. The summed E-state index contributed by atoms with van der Waals surface area (Å²) in [5.41, 5.74) is 2.05. The molecule has 0 saturated carbocycles. The summed E-state index contributed by atoms with van der Waals surface area (Å²) in [4.78, 5) is 0.268. The first-order valence-corrected chi connectivity index (χ1v) is 11.3. The molecule has 1 N–H and O–H groups in total. The van der Waals surface area contributed by atoms with Crippen molar-refractivity contribution in [3.8, 4) is 5.75 Å². The molecular formula is C19H24ClNO3S2. The topological polar surface area (TPSA) is 55.4 Å². The third-order valence-electron chi connectivity index (χ3n) is 3.85. The highest BCUT2D eigenvalue weighted by Crippen LogP contribution is 2.28. The van der Waals surface area contributed by atoms with Crippen molar-refractivity contribution >= 4 is 33.4 Å². The number of ether oxygens (including phenoxy) is 1. The van der Waals surface area contributed by atoms with E-state index in [1.54, 1.807) is 37.1 Å². The van der Waals surface area contributed by atoms with Crippen molar-refractivity contribution in [1.29, 1.82) is 0 Å². The van der Waals surface area contributed by atoms with E-state index in [0.717, 1.165) is 11.3 Å². The normalized spacial score (nSPS) is 11.7. The lowest BCUT2D eigenvalue weighted by atomic mass is 10.0. The van der Waals surface area contributed by atoms with Gasteiger partial charge in [0.15, 0.2) is 0 Å². The van der Waals surface area contributed by atoms with Crippen LogP contribution >= 0.6 is 23.4 Å². The van der Waals surface area contributed by atoms with Crippen molar-refractivity contribution in [2.24, 2.45) is 0 Å². The highest BCUT2D eigenvalue weighted by Gasteiger charge is 2.17. The van der Waals surface area contributed by atoms with Crippen molar-refractivity contribution in [1.82, 2.24) is 4.72 Å². The summed E-state index contributed by atoms with van der Waals surface area (Å²) in [5, 5.41) is 0.715. The number of rotatable bonds is 9. The molecule has 0 saturated heterocycles. The number of halogens is 1. The Kier molecular flexibility index (Phi) is 7.83. The maximum Gasteiger partial charge on any atom is 0.240 e. The van der Waals surface area contributed by atoms with Crippen molar-refractivity contribution in [2.75, 3.05) is 19.4 Å². The van der Waals surface area contributed by atoms with Crippen LogP contribution in [0.3, 0.4) is 0 Å². The molecule has 0 heterocycles. The summed E-state index contributed by atoms with van der Waals surface area (Å²) >= 11 is 7.53. The minimum Gasteiger partial charge on any atom is -0.496 e. The van der Waals surface area contributed by atoms with Gasteiger partial charge in [0.25, 0.3) is 0 Å². The predicted octanol–water partition coefficient (Wildman–Crippen LogP) is 4.68. The summed E-state index contributed by atoms with van der Waals surface area (Å²) in [6.45, 7) is 4.40. The maximum atomic E-state index is 12.5. The number of nitrogens with one attached hydrogen (secondary N) is 1. The first kappa shape index (κ1) is 21.1. The van der Waals surface area contributed by atoms with E-state index in [1.807, 2.05) is 38.1 Å². The van der Waals surface area contributed by atoms with Crippen LogP contribution in [0.15, 0.2) is 47.4 Å². The van der Waals surface area contributed by atoms with E-state index in [1.165, 1.54) is 5.56 Å². The van der Waals surface area contributed by atoms with Crippen LogP contribution in [0.1, 0.15) is 30.9 Å². The van der Waals surface area contributed by atoms with Crippen molar-refractivity contribution in [3.63, 3.8) is 0 Å². The highest BCUT2D eigenvalue weighted by molar-refractivity contribution is 7.98. The lowest BCUT2D eigenvalue weighted by molar-refractivity contribution is 0.407. The van der Waals surface area contributed by atoms with Crippen molar-refractivity contribution in [2.45, 2.75) is 30.4 Å². The molecule has 7 heteroatoms. The lowest BCUT2D eigenvalue weighted by Gasteiger charge is -2.14. The Morgan fingerprint density at radius 2 is 1.85 bits per heavy atom. The first-order chi connectivity index (χ1) is 12.3. The zero-order valence-electron chi connectivity index (χ0n) is 15.2. The lowest BCUT2D eigenvalue weighted by Crippen LogP contribution is -2.26. The third-order valence-corrected chi connectivity index (χ3v) is 6.59. The van der Waals surface area contributed by atoms with Crippen molar-refractivity contribution < 1.29 is 13.2 Å². The Morgan fingerprint density at radius 1 is 1.15 bits per heavy atom. The van der Waals surface area contributed by atoms with E-state index in [4.69, 9.17) is 16.3 Å². The Morgan fingerprint density at radius 3 is 2.46 bits per heavy atom. The van der Waals surface area contributed by atoms with E-state index in [9.17, 15) is 8.42 Å². The summed E-state index contributed by atoms with van der Waals surface area (Å²) in [7, 11) is -1.94. The fraction of sp³-hybridized carbons (Fsp3) is 0.368. The maximum absolute atomic E-state index is 12.5. The second-order valence-corrected chi connectivity index (χ2v) is 9.44. The Hall–Kier alpha value is -1.21. The van der Waals surface area contributed by atoms with Gasteiger partial charge in [-0.05, 0) is 47.4 Å². The molecule has 0 unspecified atom stereocenters. The van der Waals surface area contributed by atoms with Gasteiger partial charge in [0.1, 0.15) is 5.75 Å². The summed E-state index contributed by atoms with van der Waals surface area (Å²) in [6, 6.07) is 12.6. The standard InChI is InChI=1S/C19H24ClNO3S2/c1-14(2)18-12-17(8-9-19(18)24-3)26(22,23)21-10-11-25-13-15-4-6-16(20)7-5-15/h4-9,12,14,21H,10-11,13H2,1-3H3. The van der Waals surface area contributed by atoms with Crippen molar-refractivity contribution in [3.05, 3.63) is 58.6 Å². The quantitative estimate of drug-likeness (QED) is 0.606. The van der Waals surface area contributed by atoms with Crippen LogP contribution in [0.5, 0.6) is 5.75 Å². The van der Waals surface area contributed by atoms with E-state index in [2.05, 4.69) is 4.72 Å². The molecule has 0 spiro atoms. The molecule has 0 aliphatic carbocycles. The summed E-state index contributed by atoms with van der Waals surface area (Å²) in [6.07, 6.45) is 0. The van der Waals surface area contributed by atoms with Gasteiger partial charge >= 0.3 is 0 Å². The second kappa shape index (κ2) is 9.65. The average molecular weight is 414 g/mol. The fourth-order valence-corrected chi connectivity index (χ4v) is 4.57. The van der Waals surface area contributed by atoms with Gasteiger partial charge in [-0.2, -0.15) is 11.8 Å². The summed E-state index contributed by atoms with van der Waals surface area (Å²) < 4.78 is 33.0. The first-order valence-electron chi connectivity index (χ1n) is 8.33. The molecule has 0 bridgehead atoms. The Labute approximate surface area is 165 Å². The van der Waals surface area contributed by atoms with Gasteiger partial charge in [-0.25, -0.2) is 13.1 Å². The molecule has 142 valence electrons. The zero-order valence-corrected chi connectivity index (χ0v) is 17.5. The second-order valence-electron chi connectivity index (χ2n) is 6.14. The van der Waals surface area contributed by atoms with Gasteiger partial charge in [-0.15, -0.1) is 0 Å². The van der Waals surface area contributed by atoms with E-state index >= 15 is 0 Å². The molecule has 4 nitrogen and oxygen atoms in total. The number of sulfonamides is 1. The van der Waals surface area contributed by atoms with Crippen LogP contribution < -0.4 is 9.46 Å². The average Bonchev–Trinajstić information content (AvgIpc) is 2.62. The zero-order chi connectivity index (χ0) is 19.2. The molecule has 2 aromatic carbocycles. The number of hydrogen-bond donors (Lipinski definition) is 1. The van der Waals surface area contributed by atoms with E-state index in [-0.39, 0.29) is 10.8 Å². The van der Waals surface area contributed by atoms with Gasteiger partial charge in [-0.1, -0.05) is 37.6 Å². The van der Waals surface area contributed by atoms with Gasteiger partial charge in [0, 0.05) is 23.1 Å². The molecular weight excluding hydrogens is 390 g/mol. The van der Waals surface area contributed by atoms with Crippen LogP contribution in [0.4, 0.5) is 0 Å². The van der Waals surface area contributed by atoms with Gasteiger partial charge in [0.05, 0.1) is 12.0 Å². The number of thioether (sulfide) groups is 1. The fourth-order valence-electron chi connectivity index (χ4n) is 2.43. The number of methoxy groups -OCH3 is 1. The summed E-state index contributed by atoms with van der Waals surface area (Å²) in [5.74, 6) is 2.39. The predicted molar refractivity (Wildman–Crippen MR) is 110 cm³/mol. The van der Waals surface area contributed by atoms with E-state index in [0.29, 0.717) is 23.1 Å². The minimum atomic E-state index is -3.53. The van der Waals surface area contributed by atoms with E-state index < -0.39 is 10.0 Å².